The summed E-state index contributed by atoms with van der Waals surface area (Å²) in [5, 5.41) is 14.7. The van der Waals surface area contributed by atoms with Gasteiger partial charge in [-0.1, -0.05) is 42.1 Å². The molecule has 2 amide bonds. The fourth-order valence-electron chi connectivity index (χ4n) is 2.86. The minimum absolute atomic E-state index is 0.0936. The van der Waals surface area contributed by atoms with Crippen molar-refractivity contribution in [1.82, 2.24) is 25.4 Å². The molecular formula is C18H23N5O2S. The zero-order valence-corrected chi connectivity index (χ0v) is 15.6. The van der Waals surface area contributed by atoms with Crippen LogP contribution >= 0.6 is 11.8 Å². The van der Waals surface area contributed by atoms with Crippen molar-refractivity contribution in [1.29, 1.82) is 0 Å². The van der Waals surface area contributed by atoms with Crippen molar-refractivity contribution < 1.29 is 9.59 Å². The van der Waals surface area contributed by atoms with Gasteiger partial charge in [-0.3, -0.25) is 9.59 Å². The molecule has 0 saturated carbocycles. The highest BCUT2D eigenvalue weighted by atomic mass is 32.2. The van der Waals surface area contributed by atoms with E-state index in [1.807, 2.05) is 41.8 Å². The summed E-state index contributed by atoms with van der Waals surface area (Å²) in [4.78, 5) is 24.2. The van der Waals surface area contributed by atoms with Crippen LogP contribution in [0.3, 0.4) is 0 Å². The summed E-state index contributed by atoms with van der Waals surface area (Å²) in [5.74, 6) is 0.754. The van der Waals surface area contributed by atoms with Gasteiger partial charge < -0.3 is 15.2 Å². The van der Waals surface area contributed by atoms with Crippen molar-refractivity contribution in [3.8, 4) is 0 Å². The molecular weight excluding hydrogens is 350 g/mol. The second kappa shape index (κ2) is 8.84. The molecule has 1 aromatic carbocycles. The van der Waals surface area contributed by atoms with Gasteiger partial charge in [0.2, 0.25) is 11.8 Å². The van der Waals surface area contributed by atoms with Crippen LogP contribution in [0.15, 0.2) is 35.5 Å². The normalized spacial score (nSPS) is 17.4. The molecule has 7 nitrogen and oxygen atoms in total. The molecule has 0 aliphatic carbocycles. The summed E-state index contributed by atoms with van der Waals surface area (Å²) in [6.45, 7) is 3.24. The van der Waals surface area contributed by atoms with Crippen LogP contribution in [0, 0.1) is 6.92 Å². The molecule has 2 heterocycles. The summed E-state index contributed by atoms with van der Waals surface area (Å²) in [5.41, 5.74) is 1.15. The second-order valence-electron chi connectivity index (χ2n) is 6.30. The molecule has 2 aromatic rings. The van der Waals surface area contributed by atoms with Gasteiger partial charge in [0.15, 0.2) is 5.16 Å². The molecule has 8 heteroatoms. The third-order valence-corrected chi connectivity index (χ3v) is 5.25. The number of nitrogens with one attached hydrogen (secondary N) is 2. The lowest BCUT2D eigenvalue weighted by Gasteiger charge is -2.15. The highest BCUT2D eigenvalue weighted by Crippen LogP contribution is 2.18. The highest BCUT2D eigenvalue weighted by Gasteiger charge is 2.22. The van der Waals surface area contributed by atoms with Gasteiger partial charge in [0.1, 0.15) is 11.9 Å². The maximum Gasteiger partial charge on any atom is 0.242 e. The number of nitrogens with zero attached hydrogens (tertiary/aromatic N) is 3. The van der Waals surface area contributed by atoms with E-state index >= 15 is 0 Å². The number of hydrogen-bond donors (Lipinski definition) is 2. The Balaban J connectivity index is 1.57. The van der Waals surface area contributed by atoms with E-state index in [1.54, 1.807) is 0 Å². The number of aromatic nitrogens is 3. The fraction of sp³-hybridized carbons (Fsp3) is 0.444. The van der Waals surface area contributed by atoms with Crippen molar-refractivity contribution in [2.45, 2.75) is 43.9 Å². The molecule has 0 spiro atoms. The number of thioether (sulfide) groups is 1. The molecule has 0 bridgehead atoms. The predicted molar refractivity (Wildman–Crippen MR) is 99.8 cm³/mol. The van der Waals surface area contributed by atoms with E-state index < -0.39 is 6.04 Å². The molecule has 3 rings (SSSR count). The lowest BCUT2D eigenvalue weighted by atomic mass is 10.1. The highest BCUT2D eigenvalue weighted by molar-refractivity contribution is 7.99. The van der Waals surface area contributed by atoms with Gasteiger partial charge in [-0.2, -0.15) is 0 Å². The number of carbonyl (C=O) groups excluding carboxylic acids is 2. The van der Waals surface area contributed by atoms with Gasteiger partial charge in [-0.15, -0.1) is 10.2 Å². The predicted octanol–water partition coefficient (Wildman–Crippen LogP) is 1.51. The van der Waals surface area contributed by atoms with Gasteiger partial charge in [-0.25, -0.2) is 0 Å². The minimum atomic E-state index is -0.436. The first-order chi connectivity index (χ1) is 12.6. The summed E-state index contributed by atoms with van der Waals surface area (Å²) in [7, 11) is 0. The van der Waals surface area contributed by atoms with Gasteiger partial charge in [0.05, 0.1) is 12.3 Å². The number of rotatable bonds is 6. The zero-order valence-electron chi connectivity index (χ0n) is 14.8. The Hall–Kier alpha value is -2.35. The number of amides is 2. The summed E-state index contributed by atoms with van der Waals surface area (Å²) in [6, 6.07) is 9.62. The zero-order chi connectivity index (χ0) is 18.4. The van der Waals surface area contributed by atoms with Crippen LogP contribution in [-0.4, -0.2) is 44.9 Å². The number of benzene rings is 1. The van der Waals surface area contributed by atoms with E-state index in [4.69, 9.17) is 0 Å². The molecule has 0 radical (unpaired) electrons. The summed E-state index contributed by atoms with van der Waals surface area (Å²) < 4.78 is 1.99. The molecule has 26 heavy (non-hydrogen) atoms. The summed E-state index contributed by atoms with van der Waals surface area (Å²) >= 11 is 1.34. The van der Waals surface area contributed by atoms with Gasteiger partial charge in [0.25, 0.3) is 0 Å². The maximum atomic E-state index is 12.2. The number of aryl methyl sites for hydroxylation is 1. The molecule has 2 N–H and O–H groups in total. The van der Waals surface area contributed by atoms with Crippen molar-refractivity contribution in [3.63, 3.8) is 0 Å². The SMILES string of the molecule is Cc1nnc(SCC(=O)N[C@@H]2CCCCNC2=O)n1Cc1ccccc1. The van der Waals surface area contributed by atoms with E-state index in [0.717, 1.165) is 24.2 Å². The average Bonchev–Trinajstić information content (AvgIpc) is 2.85. The molecule has 138 valence electrons. The van der Waals surface area contributed by atoms with Crippen LogP contribution < -0.4 is 10.6 Å². The van der Waals surface area contributed by atoms with Crippen LogP contribution in [0.4, 0.5) is 0 Å². The van der Waals surface area contributed by atoms with Crippen molar-refractivity contribution >= 4 is 23.6 Å². The Morgan fingerprint density at radius 1 is 1.31 bits per heavy atom. The van der Waals surface area contributed by atoms with Gasteiger partial charge >= 0.3 is 0 Å². The lowest BCUT2D eigenvalue weighted by Crippen LogP contribution is -2.46. The van der Waals surface area contributed by atoms with Crippen LogP contribution in [0.25, 0.3) is 0 Å². The van der Waals surface area contributed by atoms with Gasteiger partial charge in [0, 0.05) is 6.54 Å². The Labute approximate surface area is 157 Å². The topological polar surface area (TPSA) is 88.9 Å². The molecule has 1 aliphatic rings. The van der Waals surface area contributed by atoms with E-state index in [0.29, 0.717) is 24.7 Å². The number of hydrogen-bond acceptors (Lipinski definition) is 5. The average molecular weight is 373 g/mol. The van der Waals surface area contributed by atoms with Crippen LogP contribution in [0.2, 0.25) is 0 Å². The second-order valence-corrected chi connectivity index (χ2v) is 7.24. The first kappa shape index (κ1) is 18.4. The summed E-state index contributed by atoms with van der Waals surface area (Å²) in [6.07, 6.45) is 2.57. The first-order valence-electron chi connectivity index (χ1n) is 8.77. The molecule has 1 atom stereocenters. The largest absolute Gasteiger partial charge is 0.354 e. The van der Waals surface area contributed by atoms with E-state index in [9.17, 15) is 9.59 Å². The molecule has 1 aromatic heterocycles. The molecule has 1 aliphatic heterocycles. The van der Waals surface area contributed by atoms with E-state index in [1.165, 1.54) is 11.8 Å². The van der Waals surface area contributed by atoms with Crippen LogP contribution in [0.5, 0.6) is 0 Å². The number of carbonyl (C=O) groups is 2. The molecule has 1 fully saturated rings. The monoisotopic (exact) mass is 373 g/mol. The lowest BCUT2D eigenvalue weighted by molar-refractivity contribution is -0.127. The standard InChI is InChI=1S/C18H23N5O2S/c1-13-21-22-18(23(13)11-14-7-3-2-4-8-14)26-12-16(24)20-15-9-5-6-10-19-17(15)25/h2-4,7-8,15H,5-6,9-12H2,1H3,(H,19,25)(H,20,24)/t15-/m1/s1. The third kappa shape index (κ3) is 4.85. The molecule has 0 unspecified atom stereocenters. The van der Waals surface area contributed by atoms with Crippen molar-refractivity contribution in [3.05, 3.63) is 41.7 Å². The first-order valence-corrected chi connectivity index (χ1v) is 9.75. The minimum Gasteiger partial charge on any atom is -0.354 e. The van der Waals surface area contributed by atoms with E-state index in [-0.39, 0.29) is 17.6 Å². The Morgan fingerprint density at radius 3 is 2.92 bits per heavy atom. The Kier molecular flexibility index (Phi) is 6.27. The van der Waals surface area contributed by atoms with E-state index in [2.05, 4.69) is 20.8 Å². The smallest absolute Gasteiger partial charge is 0.242 e. The van der Waals surface area contributed by atoms with Gasteiger partial charge in [-0.05, 0) is 31.7 Å². The van der Waals surface area contributed by atoms with Crippen molar-refractivity contribution in [2.24, 2.45) is 0 Å². The van der Waals surface area contributed by atoms with Crippen molar-refractivity contribution in [2.75, 3.05) is 12.3 Å². The Bertz CT molecular complexity index is 762. The van der Waals surface area contributed by atoms with Crippen LogP contribution in [-0.2, 0) is 16.1 Å². The Morgan fingerprint density at radius 2 is 2.12 bits per heavy atom. The maximum absolute atomic E-state index is 12.2. The third-order valence-electron chi connectivity index (χ3n) is 4.29. The van der Waals surface area contributed by atoms with Crippen LogP contribution in [0.1, 0.15) is 30.7 Å². The quantitative estimate of drug-likeness (QED) is 0.750. The molecule has 1 saturated heterocycles. The fourth-order valence-corrected chi connectivity index (χ4v) is 3.65.